The Kier molecular flexibility index (Phi) is 9.77. The summed E-state index contributed by atoms with van der Waals surface area (Å²) in [5.74, 6) is 0.0261. The number of hydrogen-bond donors (Lipinski definition) is 0. The van der Waals surface area contributed by atoms with Crippen molar-refractivity contribution in [3.05, 3.63) is 65.5 Å². The number of likely N-dealkylation sites (tertiary alicyclic amines) is 1. The number of hydrogen-bond acceptors (Lipinski definition) is 4. The molecule has 0 bridgehead atoms. The molecule has 2 aliphatic rings. The van der Waals surface area contributed by atoms with Gasteiger partial charge in [0.05, 0.1) is 23.8 Å². The Morgan fingerprint density at radius 3 is 2.47 bits per heavy atom. The number of carbonyl (C=O) groups excluding carboxylic acids is 1. The molecule has 2 aliphatic heterocycles. The van der Waals surface area contributed by atoms with Crippen molar-refractivity contribution < 1.29 is 22.7 Å². The first-order valence-corrected chi connectivity index (χ1v) is 11.0. The van der Waals surface area contributed by atoms with E-state index in [2.05, 4.69) is 9.88 Å². The minimum atomic E-state index is -4.35. The molecule has 2 aromatic rings. The summed E-state index contributed by atoms with van der Waals surface area (Å²) in [5, 5.41) is 0. The molecule has 1 aromatic carbocycles. The largest absolute Gasteiger partial charge is 0.416 e. The van der Waals surface area contributed by atoms with Crippen LogP contribution in [0.15, 0.2) is 48.7 Å². The lowest BCUT2D eigenvalue weighted by molar-refractivity contribution is -0.161. The number of alkyl halides is 3. The van der Waals surface area contributed by atoms with E-state index in [0.29, 0.717) is 37.3 Å². The van der Waals surface area contributed by atoms with Crippen molar-refractivity contribution in [2.45, 2.75) is 44.1 Å². The highest BCUT2D eigenvalue weighted by molar-refractivity contribution is 5.94. The molecular weight excluding hydrogens is 490 g/mol. The lowest BCUT2D eigenvalue weighted by atomic mass is 9.88. The van der Waals surface area contributed by atoms with Gasteiger partial charge in [-0.25, -0.2) is 0 Å². The van der Waals surface area contributed by atoms with Crippen molar-refractivity contribution >= 4 is 30.7 Å². The van der Waals surface area contributed by atoms with Crippen LogP contribution in [0.2, 0.25) is 0 Å². The third-order valence-corrected chi connectivity index (χ3v) is 6.31. The minimum Gasteiger partial charge on any atom is -0.368 e. The quantitative estimate of drug-likeness (QED) is 0.577. The second-order valence-electron chi connectivity index (χ2n) is 8.79. The van der Waals surface area contributed by atoms with Crippen molar-refractivity contribution in [2.75, 3.05) is 32.7 Å². The Morgan fingerprint density at radius 1 is 1.15 bits per heavy atom. The molecule has 5 nitrogen and oxygen atoms in total. The molecule has 0 aliphatic carbocycles. The van der Waals surface area contributed by atoms with Crippen molar-refractivity contribution in [3.8, 4) is 0 Å². The zero-order valence-electron chi connectivity index (χ0n) is 19.0. The number of carbonyl (C=O) groups is 1. The Labute approximate surface area is 210 Å². The van der Waals surface area contributed by atoms with E-state index in [1.54, 1.807) is 0 Å². The van der Waals surface area contributed by atoms with Gasteiger partial charge in [-0.2, -0.15) is 13.2 Å². The van der Waals surface area contributed by atoms with E-state index < -0.39 is 11.7 Å². The van der Waals surface area contributed by atoms with E-state index in [4.69, 9.17) is 4.74 Å². The minimum absolute atomic E-state index is 0. The lowest BCUT2D eigenvalue weighted by Crippen LogP contribution is -2.60. The number of pyridine rings is 1. The lowest BCUT2D eigenvalue weighted by Gasteiger charge is -2.49. The second-order valence-corrected chi connectivity index (χ2v) is 8.79. The molecule has 0 radical (unpaired) electrons. The van der Waals surface area contributed by atoms with E-state index in [0.717, 1.165) is 38.1 Å². The number of rotatable bonds is 4. The molecule has 1 aromatic heterocycles. The highest BCUT2D eigenvalue weighted by Gasteiger charge is 2.43. The molecule has 1 unspecified atom stereocenters. The Balaban J connectivity index is 0.00000204. The normalized spacial score (nSPS) is 20.4. The summed E-state index contributed by atoms with van der Waals surface area (Å²) in [7, 11) is 0. The van der Waals surface area contributed by atoms with E-state index in [1.807, 2.05) is 42.2 Å². The smallest absolute Gasteiger partial charge is 0.368 e. The molecule has 0 saturated carbocycles. The summed E-state index contributed by atoms with van der Waals surface area (Å²) >= 11 is 0. The number of halogens is 5. The molecule has 10 heteroatoms. The summed E-state index contributed by atoms with van der Waals surface area (Å²) in [6, 6.07) is 11.4. The fourth-order valence-corrected chi connectivity index (χ4v) is 4.67. The van der Waals surface area contributed by atoms with Crippen LogP contribution in [-0.2, 0) is 17.3 Å². The van der Waals surface area contributed by atoms with Crippen molar-refractivity contribution in [3.63, 3.8) is 0 Å². The number of amides is 1. The maximum atomic E-state index is 13.0. The molecule has 1 amide bonds. The van der Waals surface area contributed by atoms with Gasteiger partial charge in [0.25, 0.3) is 5.91 Å². The number of piperidine rings is 1. The molecular formula is C24H30Cl2F3N3O2. The van der Waals surface area contributed by atoms with Gasteiger partial charge < -0.3 is 14.5 Å². The number of benzene rings is 1. The van der Waals surface area contributed by atoms with E-state index in [-0.39, 0.29) is 42.4 Å². The Hall–Kier alpha value is -1.87. The predicted octanol–water partition coefficient (Wildman–Crippen LogP) is 4.88. The van der Waals surface area contributed by atoms with Gasteiger partial charge in [-0.1, -0.05) is 18.2 Å². The predicted molar refractivity (Wildman–Crippen MR) is 129 cm³/mol. The number of morpholine rings is 1. The molecule has 2 saturated heterocycles. The maximum absolute atomic E-state index is 13.0. The van der Waals surface area contributed by atoms with Gasteiger partial charge >= 0.3 is 6.18 Å². The maximum Gasteiger partial charge on any atom is 0.416 e. The first-order chi connectivity index (χ1) is 15.2. The standard InChI is InChI=1S/C24H28F3N3O2.2ClH/c1-18-16-30(22(31)19-5-3-2-4-6-19)17-23(32-18)9-13-29(14-10-23)12-8-21-15-20(7-11-28-21)24(25,26)27;;/h2-7,11,15,18H,8-10,12-14,16-17H2,1H3;2*1H. The third-order valence-electron chi connectivity index (χ3n) is 6.31. The molecule has 34 heavy (non-hydrogen) atoms. The zero-order chi connectivity index (χ0) is 22.8. The van der Waals surface area contributed by atoms with Gasteiger partial charge in [-0.15, -0.1) is 24.8 Å². The van der Waals surface area contributed by atoms with Crippen molar-refractivity contribution in [1.29, 1.82) is 0 Å². The van der Waals surface area contributed by atoms with Gasteiger partial charge in [0.2, 0.25) is 0 Å². The van der Waals surface area contributed by atoms with Crippen molar-refractivity contribution in [1.82, 2.24) is 14.8 Å². The van der Waals surface area contributed by atoms with Gasteiger partial charge in [0.1, 0.15) is 0 Å². The molecule has 3 heterocycles. The van der Waals surface area contributed by atoms with Gasteiger partial charge in [0, 0.05) is 50.1 Å². The number of ether oxygens (including phenoxy) is 1. The van der Waals surface area contributed by atoms with Gasteiger partial charge in [-0.05, 0) is 44.0 Å². The van der Waals surface area contributed by atoms with E-state index in [1.165, 1.54) is 6.20 Å². The first-order valence-electron chi connectivity index (χ1n) is 11.0. The number of aromatic nitrogens is 1. The molecule has 1 spiro atoms. The van der Waals surface area contributed by atoms with Crippen LogP contribution in [0.4, 0.5) is 13.2 Å². The fraction of sp³-hybridized carbons (Fsp3) is 0.500. The van der Waals surface area contributed by atoms with Crippen LogP contribution in [0, 0.1) is 0 Å². The van der Waals surface area contributed by atoms with Crippen molar-refractivity contribution in [2.24, 2.45) is 0 Å². The summed E-state index contributed by atoms with van der Waals surface area (Å²) in [5.41, 5.74) is 0.102. The summed E-state index contributed by atoms with van der Waals surface area (Å²) in [6.07, 6.45) is -1.14. The van der Waals surface area contributed by atoms with Crippen LogP contribution in [0.25, 0.3) is 0 Å². The van der Waals surface area contributed by atoms with E-state index >= 15 is 0 Å². The van der Waals surface area contributed by atoms with Crippen LogP contribution < -0.4 is 0 Å². The van der Waals surface area contributed by atoms with Gasteiger partial charge in [-0.3, -0.25) is 9.78 Å². The number of nitrogens with zero attached hydrogens (tertiary/aromatic N) is 3. The molecule has 2 fully saturated rings. The average molecular weight is 520 g/mol. The SMILES string of the molecule is CC1CN(C(=O)c2ccccc2)CC2(CCN(CCc3cc(C(F)(F)F)ccn3)CC2)O1.Cl.Cl. The van der Waals surface area contributed by atoms with Crippen LogP contribution in [-0.4, -0.2) is 65.1 Å². The summed E-state index contributed by atoms with van der Waals surface area (Å²) in [4.78, 5) is 21.2. The summed E-state index contributed by atoms with van der Waals surface area (Å²) in [6.45, 7) is 5.33. The molecule has 1 atom stereocenters. The van der Waals surface area contributed by atoms with Crippen LogP contribution in [0.1, 0.15) is 41.4 Å². The van der Waals surface area contributed by atoms with Gasteiger partial charge in [0.15, 0.2) is 0 Å². The van der Waals surface area contributed by atoms with Crippen LogP contribution in [0.5, 0.6) is 0 Å². The highest BCUT2D eigenvalue weighted by Crippen LogP contribution is 2.33. The first kappa shape index (κ1) is 28.4. The highest BCUT2D eigenvalue weighted by atomic mass is 35.5. The average Bonchev–Trinajstić information content (AvgIpc) is 2.78. The topological polar surface area (TPSA) is 45.7 Å². The Morgan fingerprint density at radius 2 is 1.82 bits per heavy atom. The summed E-state index contributed by atoms with van der Waals surface area (Å²) < 4.78 is 45.1. The molecule has 188 valence electrons. The van der Waals surface area contributed by atoms with Crippen LogP contribution >= 0.6 is 24.8 Å². The van der Waals surface area contributed by atoms with Crippen LogP contribution in [0.3, 0.4) is 0 Å². The monoisotopic (exact) mass is 519 g/mol. The third kappa shape index (κ3) is 6.84. The second kappa shape index (κ2) is 11.7. The molecule has 4 rings (SSSR count). The Bertz CT molecular complexity index is 939. The zero-order valence-corrected chi connectivity index (χ0v) is 20.6. The fourth-order valence-electron chi connectivity index (χ4n) is 4.67. The molecule has 0 N–H and O–H groups in total. The van der Waals surface area contributed by atoms with E-state index in [9.17, 15) is 18.0 Å².